The van der Waals surface area contributed by atoms with E-state index in [1.165, 1.54) is 5.56 Å². The van der Waals surface area contributed by atoms with Crippen molar-refractivity contribution in [1.82, 2.24) is 4.90 Å². The van der Waals surface area contributed by atoms with Gasteiger partial charge in [0.1, 0.15) is 5.37 Å². The maximum atomic E-state index is 12.7. The molecule has 0 radical (unpaired) electrons. The molecule has 3 aromatic carbocycles. The van der Waals surface area contributed by atoms with Crippen LogP contribution in [0.2, 0.25) is 0 Å². The Labute approximate surface area is 181 Å². The highest BCUT2D eigenvalue weighted by molar-refractivity contribution is 8.00. The van der Waals surface area contributed by atoms with Crippen molar-refractivity contribution >= 4 is 29.3 Å². The van der Waals surface area contributed by atoms with Crippen molar-refractivity contribution in [3.05, 3.63) is 101 Å². The van der Waals surface area contributed by atoms with Crippen molar-refractivity contribution in [1.29, 1.82) is 0 Å². The van der Waals surface area contributed by atoms with Gasteiger partial charge in [-0.2, -0.15) is 0 Å². The summed E-state index contributed by atoms with van der Waals surface area (Å²) in [6.07, 6.45) is 0. The molecule has 4 rings (SSSR count). The summed E-state index contributed by atoms with van der Waals surface area (Å²) in [5, 5.41) is 2.95. The Kier molecular flexibility index (Phi) is 5.91. The number of hydrogen-bond donors (Lipinski definition) is 1. The van der Waals surface area contributed by atoms with Crippen LogP contribution in [0.1, 0.15) is 38.0 Å². The van der Waals surface area contributed by atoms with Crippen LogP contribution >= 0.6 is 11.8 Å². The fourth-order valence-electron chi connectivity index (χ4n) is 3.63. The Bertz CT molecular complexity index is 1060. The molecule has 1 fully saturated rings. The highest BCUT2D eigenvalue weighted by atomic mass is 32.2. The predicted octanol–water partition coefficient (Wildman–Crippen LogP) is 5.33. The second-order valence-electron chi connectivity index (χ2n) is 7.57. The van der Waals surface area contributed by atoms with Gasteiger partial charge in [-0.1, -0.05) is 60.2 Å². The molecule has 0 aromatic heterocycles. The molecule has 1 atom stereocenters. The summed E-state index contributed by atoms with van der Waals surface area (Å²) in [4.78, 5) is 27.0. The van der Waals surface area contributed by atoms with Crippen LogP contribution in [0.15, 0.2) is 72.8 Å². The van der Waals surface area contributed by atoms with Gasteiger partial charge in [0, 0.05) is 17.8 Å². The molecule has 0 saturated carbocycles. The Morgan fingerprint density at radius 2 is 1.77 bits per heavy atom. The lowest BCUT2D eigenvalue weighted by atomic mass is 10.1. The number of carbonyl (C=O) groups is 2. The lowest BCUT2D eigenvalue weighted by Crippen LogP contribution is -2.27. The number of anilines is 1. The summed E-state index contributed by atoms with van der Waals surface area (Å²) < 4.78 is 0. The monoisotopic (exact) mass is 416 g/mol. The van der Waals surface area contributed by atoms with E-state index in [0.717, 1.165) is 22.4 Å². The number of thioether (sulfide) groups is 1. The Balaban J connectivity index is 1.48. The Morgan fingerprint density at radius 3 is 2.47 bits per heavy atom. The van der Waals surface area contributed by atoms with E-state index in [1.807, 2.05) is 91.5 Å². The number of amides is 2. The van der Waals surface area contributed by atoms with Gasteiger partial charge in [0.2, 0.25) is 5.91 Å². The standard InChI is InChI=1S/C25H24N2O2S/c1-17-8-13-22(18(2)14-17)26-24(29)20-9-11-21(12-10-20)25-27(23(28)16-30-25)15-19-6-4-3-5-7-19/h3-14,25H,15-16H2,1-2H3,(H,26,29)/t25-/m1/s1. The number of hydrogen-bond acceptors (Lipinski definition) is 3. The minimum absolute atomic E-state index is 0.0332. The fourth-order valence-corrected chi connectivity index (χ4v) is 4.82. The van der Waals surface area contributed by atoms with E-state index in [1.54, 1.807) is 11.8 Å². The van der Waals surface area contributed by atoms with E-state index in [9.17, 15) is 9.59 Å². The van der Waals surface area contributed by atoms with Crippen molar-refractivity contribution < 1.29 is 9.59 Å². The van der Waals surface area contributed by atoms with Crippen LogP contribution in [0.25, 0.3) is 0 Å². The van der Waals surface area contributed by atoms with Crippen molar-refractivity contribution in [3.63, 3.8) is 0 Å². The van der Waals surface area contributed by atoms with E-state index in [-0.39, 0.29) is 17.2 Å². The number of benzene rings is 3. The Morgan fingerprint density at radius 1 is 1.03 bits per heavy atom. The molecule has 3 aromatic rings. The van der Waals surface area contributed by atoms with E-state index >= 15 is 0 Å². The fraction of sp³-hybridized carbons (Fsp3) is 0.200. The quantitative estimate of drug-likeness (QED) is 0.612. The number of rotatable bonds is 5. The van der Waals surface area contributed by atoms with Crippen LogP contribution in [0.5, 0.6) is 0 Å². The molecule has 0 bridgehead atoms. The summed E-state index contributed by atoms with van der Waals surface area (Å²) in [5.74, 6) is 0.488. The van der Waals surface area contributed by atoms with E-state index in [2.05, 4.69) is 5.32 Å². The molecule has 5 heteroatoms. The van der Waals surface area contributed by atoms with Crippen LogP contribution in [0.3, 0.4) is 0 Å². The lowest BCUT2D eigenvalue weighted by Gasteiger charge is -2.24. The van der Waals surface area contributed by atoms with Crippen molar-refractivity contribution in [3.8, 4) is 0 Å². The van der Waals surface area contributed by atoms with Crippen LogP contribution in [-0.4, -0.2) is 22.5 Å². The molecular formula is C25H24N2O2S. The van der Waals surface area contributed by atoms with Crippen LogP contribution in [-0.2, 0) is 11.3 Å². The number of nitrogens with one attached hydrogen (secondary N) is 1. The molecule has 1 N–H and O–H groups in total. The van der Waals surface area contributed by atoms with Gasteiger partial charge in [-0.15, -0.1) is 11.8 Å². The Hall–Kier alpha value is -3.05. The third-order valence-corrected chi connectivity index (χ3v) is 6.51. The molecule has 2 amide bonds. The lowest BCUT2D eigenvalue weighted by molar-refractivity contribution is -0.128. The molecule has 30 heavy (non-hydrogen) atoms. The summed E-state index contributed by atoms with van der Waals surface area (Å²) >= 11 is 1.63. The van der Waals surface area contributed by atoms with Gasteiger partial charge in [0.15, 0.2) is 0 Å². The average Bonchev–Trinajstić information content (AvgIpc) is 3.11. The SMILES string of the molecule is Cc1ccc(NC(=O)c2ccc([C@H]3SCC(=O)N3Cc3ccccc3)cc2)c(C)c1. The molecule has 1 aliphatic heterocycles. The maximum Gasteiger partial charge on any atom is 0.255 e. The van der Waals surface area contributed by atoms with Crippen LogP contribution in [0, 0.1) is 13.8 Å². The first kappa shape index (κ1) is 20.2. The zero-order valence-electron chi connectivity index (χ0n) is 17.1. The van der Waals surface area contributed by atoms with E-state index in [4.69, 9.17) is 0 Å². The third-order valence-electron chi connectivity index (χ3n) is 5.25. The van der Waals surface area contributed by atoms with Gasteiger partial charge < -0.3 is 10.2 Å². The van der Waals surface area contributed by atoms with Crippen LogP contribution in [0.4, 0.5) is 5.69 Å². The maximum absolute atomic E-state index is 12.7. The summed E-state index contributed by atoms with van der Waals surface area (Å²) in [6.45, 7) is 4.61. The highest BCUT2D eigenvalue weighted by Crippen LogP contribution is 2.39. The number of aryl methyl sites for hydroxylation is 2. The zero-order chi connectivity index (χ0) is 21.1. The molecule has 0 spiro atoms. The second kappa shape index (κ2) is 8.76. The smallest absolute Gasteiger partial charge is 0.255 e. The topological polar surface area (TPSA) is 49.4 Å². The summed E-state index contributed by atoms with van der Waals surface area (Å²) in [5.41, 5.74) is 5.77. The first-order valence-electron chi connectivity index (χ1n) is 9.95. The minimum atomic E-state index is -0.134. The summed E-state index contributed by atoms with van der Waals surface area (Å²) in [6, 6.07) is 23.6. The molecule has 0 aliphatic carbocycles. The van der Waals surface area contributed by atoms with Crippen LogP contribution < -0.4 is 5.32 Å². The van der Waals surface area contributed by atoms with E-state index < -0.39 is 0 Å². The molecule has 0 unspecified atom stereocenters. The zero-order valence-corrected chi connectivity index (χ0v) is 17.9. The van der Waals surface area contributed by atoms with Crippen molar-refractivity contribution in [2.45, 2.75) is 25.8 Å². The molecule has 152 valence electrons. The molecule has 4 nitrogen and oxygen atoms in total. The normalized spacial score (nSPS) is 16.0. The van der Waals surface area contributed by atoms with Gasteiger partial charge in [0.25, 0.3) is 5.91 Å². The molecule has 1 aliphatic rings. The number of nitrogens with zero attached hydrogens (tertiary/aromatic N) is 1. The first-order chi connectivity index (χ1) is 14.5. The van der Waals surface area contributed by atoms with Gasteiger partial charge in [-0.3, -0.25) is 9.59 Å². The van der Waals surface area contributed by atoms with Gasteiger partial charge in [-0.05, 0) is 48.7 Å². The van der Waals surface area contributed by atoms with Gasteiger partial charge in [0.05, 0.1) is 5.75 Å². The molecule has 1 heterocycles. The van der Waals surface area contributed by atoms with Gasteiger partial charge in [-0.25, -0.2) is 0 Å². The highest BCUT2D eigenvalue weighted by Gasteiger charge is 2.32. The van der Waals surface area contributed by atoms with Crippen molar-refractivity contribution in [2.24, 2.45) is 0 Å². The van der Waals surface area contributed by atoms with Crippen molar-refractivity contribution in [2.75, 3.05) is 11.1 Å². The average molecular weight is 417 g/mol. The summed E-state index contributed by atoms with van der Waals surface area (Å²) in [7, 11) is 0. The largest absolute Gasteiger partial charge is 0.322 e. The second-order valence-corrected chi connectivity index (χ2v) is 8.63. The third kappa shape index (κ3) is 4.41. The minimum Gasteiger partial charge on any atom is -0.322 e. The first-order valence-corrected chi connectivity index (χ1v) is 11.0. The predicted molar refractivity (Wildman–Crippen MR) is 123 cm³/mol. The number of carbonyl (C=O) groups excluding carboxylic acids is 2. The van der Waals surface area contributed by atoms with Gasteiger partial charge >= 0.3 is 0 Å². The molecular weight excluding hydrogens is 392 g/mol. The van der Waals surface area contributed by atoms with E-state index in [0.29, 0.717) is 17.9 Å². The molecule has 1 saturated heterocycles.